The molecule has 5 nitrogen and oxygen atoms in total. The number of carboxylic acids is 1. The van der Waals surface area contributed by atoms with Gasteiger partial charge in [0.2, 0.25) is 10.0 Å². The van der Waals surface area contributed by atoms with Crippen LogP contribution in [0.2, 0.25) is 0 Å². The van der Waals surface area contributed by atoms with E-state index in [1.165, 1.54) is 19.1 Å². The molecule has 0 heterocycles. The van der Waals surface area contributed by atoms with Crippen molar-refractivity contribution < 1.29 is 22.7 Å². The Morgan fingerprint density at radius 3 is 2.71 bits per heavy atom. The number of rotatable bonds is 5. The fourth-order valence-corrected chi connectivity index (χ4v) is 2.53. The van der Waals surface area contributed by atoms with E-state index in [1.54, 1.807) is 0 Å². The van der Waals surface area contributed by atoms with Crippen molar-refractivity contribution in [3.63, 3.8) is 0 Å². The highest BCUT2D eigenvalue weighted by atomic mass is 32.2. The Morgan fingerprint density at radius 2 is 2.12 bits per heavy atom. The highest BCUT2D eigenvalue weighted by Gasteiger charge is 2.18. The Morgan fingerprint density at radius 1 is 1.47 bits per heavy atom. The molecule has 0 aliphatic rings. The Hall–Kier alpha value is -1.47. The summed E-state index contributed by atoms with van der Waals surface area (Å²) in [7, 11) is -3.86. The molecule has 0 bridgehead atoms. The van der Waals surface area contributed by atoms with Crippen LogP contribution < -0.4 is 4.72 Å². The summed E-state index contributed by atoms with van der Waals surface area (Å²) < 4.78 is 38.7. The number of carboxylic acid groups (broad SMARTS) is 1. The monoisotopic (exact) mass is 261 g/mol. The van der Waals surface area contributed by atoms with Gasteiger partial charge < -0.3 is 5.11 Å². The summed E-state index contributed by atoms with van der Waals surface area (Å²) in [6.07, 6.45) is -0.326. The van der Waals surface area contributed by atoms with Gasteiger partial charge in [-0.05, 0) is 19.1 Å². The van der Waals surface area contributed by atoms with Crippen LogP contribution in [0.15, 0.2) is 23.1 Å². The van der Waals surface area contributed by atoms with E-state index in [1.807, 2.05) is 0 Å². The molecule has 0 fully saturated rings. The largest absolute Gasteiger partial charge is 0.481 e. The smallest absolute Gasteiger partial charge is 0.304 e. The Balaban J connectivity index is 2.90. The first-order valence-corrected chi connectivity index (χ1v) is 6.29. The molecule has 0 saturated carbocycles. The molecule has 0 amide bonds. The normalized spacial score (nSPS) is 11.4. The number of nitrogens with one attached hydrogen (secondary N) is 1. The van der Waals surface area contributed by atoms with Crippen LogP contribution in [0, 0.1) is 12.7 Å². The molecule has 0 atom stereocenters. The van der Waals surface area contributed by atoms with Crippen LogP contribution >= 0.6 is 0 Å². The number of aliphatic carboxylic acids is 1. The van der Waals surface area contributed by atoms with Crippen LogP contribution in [0.4, 0.5) is 4.39 Å². The molecule has 0 radical (unpaired) electrons. The zero-order valence-corrected chi connectivity index (χ0v) is 9.92. The second kappa shape index (κ2) is 5.24. The summed E-state index contributed by atoms with van der Waals surface area (Å²) >= 11 is 0. The minimum Gasteiger partial charge on any atom is -0.481 e. The van der Waals surface area contributed by atoms with Gasteiger partial charge >= 0.3 is 5.97 Å². The Kier molecular flexibility index (Phi) is 4.19. The number of halogens is 1. The van der Waals surface area contributed by atoms with Crippen molar-refractivity contribution in [3.05, 3.63) is 29.6 Å². The van der Waals surface area contributed by atoms with Crippen LogP contribution in [-0.2, 0) is 14.8 Å². The lowest BCUT2D eigenvalue weighted by Crippen LogP contribution is -2.27. The van der Waals surface area contributed by atoms with Crippen LogP contribution in [0.1, 0.15) is 12.0 Å². The Bertz CT molecular complexity index is 527. The first kappa shape index (κ1) is 13.6. The molecular formula is C10H12FNO4S. The number of benzene rings is 1. The van der Waals surface area contributed by atoms with Crippen LogP contribution in [0.3, 0.4) is 0 Å². The van der Waals surface area contributed by atoms with Gasteiger partial charge in [-0.15, -0.1) is 0 Å². The minimum absolute atomic E-state index is 0.00956. The summed E-state index contributed by atoms with van der Waals surface area (Å²) in [5, 5.41) is 8.38. The number of carbonyl (C=O) groups is 1. The summed E-state index contributed by atoms with van der Waals surface area (Å²) in [4.78, 5) is 10.1. The molecule has 0 spiro atoms. The van der Waals surface area contributed by atoms with Crippen molar-refractivity contribution in [2.24, 2.45) is 0 Å². The van der Waals surface area contributed by atoms with Crippen LogP contribution in [-0.4, -0.2) is 26.0 Å². The van der Waals surface area contributed by atoms with Crippen molar-refractivity contribution in [3.8, 4) is 0 Å². The van der Waals surface area contributed by atoms with Gasteiger partial charge in [0, 0.05) is 12.1 Å². The van der Waals surface area contributed by atoms with E-state index in [2.05, 4.69) is 4.72 Å². The van der Waals surface area contributed by atoms with Gasteiger partial charge in [0.15, 0.2) is 0 Å². The molecule has 1 aromatic rings. The molecule has 2 N–H and O–H groups in total. The van der Waals surface area contributed by atoms with Gasteiger partial charge in [-0.3, -0.25) is 4.79 Å². The first-order chi connectivity index (χ1) is 7.84. The summed E-state index contributed by atoms with van der Waals surface area (Å²) in [6, 6.07) is 3.71. The predicted octanol–water partition coefficient (Wildman–Crippen LogP) is 0.887. The molecule has 0 aromatic heterocycles. The molecule has 94 valence electrons. The van der Waals surface area contributed by atoms with Gasteiger partial charge in [-0.2, -0.15) is 0 Å². The number of hydrogen-bond acceptors (Lipinski definition) is 3. The minimum atomic E-state index is -3.86. The number of hydrogen-bond donors (Lipinski definition) is 2. The number of sulfonamides is 1. The van der Waals surface area contributed by atoms with E-state index in [0.29, 0.717) is 0 Å². The van der Waals surface area contributed by atoms with E-state index >= 15 is 0 Å². The maximum Gasteiger partial charge on any atom is 0.304 e. The lowest BCUT2D eigenvalue weighted by Gasteiger charge is -2.08. The summed E-state index contributed by atoms with van der Waals surface area (Å²) in [6.45, 7) is 1.12. The zero-order chi connectivity index (χ0) is 13.1. The van der Waals surface area contributed by atoms with E-state index < -0.39 is 21.8 Å². The molecule has 1 rings (SSSR count). The van der Waals surface area contributed by atoms with Crippen molar-refractivity contribution in [2.45, 2.75) is 18.2 Å². The first-order valence-electron chi connectivity index (χ1n) is 4.81. The molecular weight excluding hydrogens is 249 g/mol. The van der Waals surface area contributed by atoms with Crippen molar-refractivity contribution in [1.29, 1.82) is 0 Å². The van der Waals surface area contributed by atoms with Crippen LogP contribution in [0.5, 0.6) is 0 Å². The van der Waals surface area contributed by atoms with E-state index in [-0.39, 0.29) is 23.4 Å². The fourth-order valence-electron chi connectivity index (χ4n) is 1.25. The SMILES string of the molecule is Cc1c(F)cccc1S(=O)(=O)NCCC(=O)O. The zero-order valence-electron chi connectivity index (χ0n) is 9.10. The summed E-state index contributed by atoms with van der Waals surface area (Å²) in [5.74, 6) is -1.73. The second-order valence-corrected chi connectivity index (χ2v) is 5.14. The molecule has 17 heavy (non-hydrogen) atoms. The average Bonchev–Trinajstić information content (AvgIpc) is 2.21. The third kappa shape index (κ3) is 3.50. The van der Waals surface area contributed by atoms with Gasteiger partial charge in [0.25, 0.3) is 0 Å². The molecule has 0 aliphatic heterocycles. The van der Waals surface area contributed by atoms with E-state index in [4.69, 9.17) is 5.11 Å². The van der Waals surface area contributed by atoms with Gasteiger partial charge in [0.1, 0.15) is 5.82 Å². The van der Waals surface area contributed by atoms with Crippen molar-refractivity contribution in [2.75, 3.05) is 6.54 Å². The lowest BCUT2D eigenvalue weighted by molar-refractivity contribution is -0.136. The second-order valence-electron chi connectivity index (χ2n) is 3.40. The highest BCUT2D eigenvalue weighted by molar-refractivity contribution is 7.89. The van der Waals surface area contributed by atoms with E-state index in [9.17, 15) is 17.6 Å². The van der Waals surface area contributed by atoms with Crippen molar-refractivity contribution >= 4 is 16.0 Å². The van der Waals surface area contributed by atoms with Gasteiger partial charge in [-0.1, -0.05) is 6.07 Å². The Labute approximate surface area is 98.3 Å². The van der Waals surface area contributed by atoms with Crippen LogP contribution in [0.25, 0.3) is 0 Å². The molecule has 1 aromatic carbocycles. The van der Waals surface area contributed by atoms with E-state index in [0.717, 1.165) is 6.07 Å². The third-order valence-electron chi connectivity index (χ3n) is 2.14. The lowest BCUT2D eigenvalue weighted by atomic mass is 10.2. The topological polar surface area (TPSA) is 83.5 Å². The summed E-state index contributed by atoms with van der Waals surface area (Å²) in [5.41, 5.74) is 0.00956. The molecule has 0 unspecified atom stereocenters. The maximum atomic E-state index is 13.2. The van der Waals surface area contributed by atoms with Crippen molar-refractivity contribution in [1.82, 2.24) is 4.72 Å². The highest BCUT2D eigenvalue weighted by Crippen LogP contribution is 2.17. The molecule has 0 aliphatic carbocycles. The quantitative estimate of drug-likeness (QED) is 0.824. The third-order valence-corrected chi connectivity index (χ3v) is 3.74. The average molecular weight is 261 g/mol. The maximum absolute atomic E-state index is 13.2. The van der Waals surface area contributed by atoms with Gasteiger partial charge in [0.05, 0.1) is 11.3 Å². The molecule has 7 heteroatoms. The predicted molar refractivity (Wildman–Crippen MR) is 58.6 cm³/mol. The molecule has 0 saturated heterocycles. The fraction of sp³-hybridized carbons (Fsp3) is 0.300. The van der Waals surface area contributed by atoms with Gasteiger partial charge in [-0.25, -0.2) is 17.5 Å². The standard InChI is InChI=1S/C10H12FNO4S/c1-7-8(11)3-2-4-9(7)17(15,16)12-6-5-10(13)14/h2-4,12H,5-6H2,1H3,(H,13,14).